The van der Waals surface area contributed by atoms with Crippen LogP contribution in [0.5, 0.6) is 0 Å². The minimum atomic E-state index is 0.0177. The minimum absolute atomic E-state index is 0.0177. The van der Waals surface area contributed by atoms with E-state index in [1.165, 1.54) is 54.6 Å². The van der Waals surface area contributed by atoms with Crippen molar-refractivity contribution in [2.24, 2.45) is 0 Å². The van der Waals surface area contributed by atoms with Crippen LogP contribution in [-0.2, 0) is 5.41 Å². The van der Waals surface area contributed by atoms with Crippen molar-refractivity contribution in [3.05, 3.63) is 96.1 Å². The highest BCUT2D eigenvalue weighted by atomic mass is 14.3. The molecule has 0 heterocycles. The summed E-state index contributed by atoms with van der Waals surface area (Å²) in [6.45, 7) is 9.25. The molecule has 0 radical (unpaired) electrons. The molecule has 0 aliphatic carbocycles. The molecule has 0 bridgehead atoms. The molecule has 0 atom stereocenters. The number of fused-ring (bicyclic) bond motifs is 6. The molecule has 0 heteroatoms. The van der Waals surface area contributed by atoms with Crippen LogP contribution in [0, 0.1) is 6.92 Å². The molecule has 0 fully saturated rings. The topological polar surface area (TPSA) is 0 Å². The summed E-state index contributed by atoms with van der Waals surface area (Å²) in [5.74, 6) is 0. The molecule has 0 N–H and O–H groups in total. The number of aryl methyl sites for hydroxylation is 1. The number of benzene rings is 5. The van der Waals surface area contributed by atoms with Gasteiger partial charge >= 0.3 is 0 Å². The van der Waals surface area contributed by atoms with Crippen molar-refractivity contribution >= 4 is 32.3 Å². The van der Waals surface area contributed by atoms with Crippen molar-refractivity contribution in [3.63, 3.8) is 0 Å². The zero-order valence-corrected chi connectivity index (χ0v) is 17.6. The van der Waals surface area contributed by atoms with E-state index >= 15 is 0 Å². The van der Waals surface area contributed by atoms with Gasteiger partial charge < -0.3 is 0 Å². The van der Waals surface area contributed by atoms with Crippen LogP contribution >= 0.6 is 0 Å². The fraction of sp³-hybridized carbons (Fsp3) is 0.172. The van der Waals surface area contributed by atoms with Gasteiger partial charge in [-0.05, 0) is 66.9 Å². The van der Waals surface area contributed by atoms with Gasteiger partial charge in [-0.2, -0.15) is 0 Å². The second kappa shape index (κ2) is 6.46. The van der Waals surface area contributed by atoms with E-state index in [-0.39, 0.29) is 5.41 Å². The Hall–Kier alpha value is -3.12. The molecule has 142 valence electrons. The Labute approximate surface area is 172 Å². The van der Waals surface area contributed by atoms with Crippen LogP contribution in [0.25, 0.3) is 43.4 Å². The molecule has 29 heavy (non-hydrogen) atoms. The maximum absolute atomic E-state index is 2.34. The second-order valence-electron chi connectivity index (χ2n) is 9.07. The van der Waals surface area contributed by atoms with Gasteiger partial charge in [-0.15, -0.1) is 0 Å². The summed E-state index contributed by atoms with van der Waals surface area (Å²) >= 11 is 0. The molecule has 0 nitrogen and oxygen atoms in total. The van der Waals surface area contributed by atoms with Gasteiger partial charge in [-0.1, -0.05) is 106 Å². The van der Waals surface area contributed by atoms with Crippen LogP contribution in [0.2, 0.25) is 0 Å². The predicted octanol–water partition coefficient (Wildman–Crippen LogP) is 8.42. The molecule has 0 aliphatic heterocycles. The van der Waals surface area contributed by atoms with Crippen molar-refractivity contribution in [1.29, 1.82) is 0 Å². The Morgan fingerprint density at radius 2 is 1.14 bits per heavy atom. The first kappa shape index (κ1) is 17.9. The van der Waals surface area contributed by atoms with E-state index in [0.29, 0.717) is 0 Å². The molecule has 5 aromatic carbocycles. The summed E-state index contributed by atoms with van der Waals surface area (Å²) in [6.07, 6.45) is 0. The summed E-state index contributed by atoms with van der Waals surface area (Å²) in [5.41, 5.74) is 5.41. The third kappa shape index (κ3) is 2.75. The highest BCUT2D eigenvalue weighted by molar-refractivity contribution is 6.27. The van der Waals surface area contributed by atoms with Crippen LogP contribution in [0.15, 0.2) is 84.9 Å². The molecule has 0 saturated heterocycles. The van der Waals surface area contributed by atoms with Crippen LogP contribution in [0.1, 0.15) is 31.9 Å². The Morgan fingerprint density at radius 1 is 0.517 bits per heavy atom. The SMILES string of the molecule is Cc1cccc2c1c1ccccc1c1ccc(-c3ccccc3)c(C(C)(C)C)c12. The van der Waals surface area contributed by atoms with Crippen LogP contribution in [0.4, 0.5) is 0 Å². The van der Waals surface area contributed by atoms with Gasteiger partial charge in [0.05, 0.1) is 0 Å². The zero-order chi connectivity index (χ0) is 20.2. The van der Waals surface area contributed by atoms with Crippen molar-refractivity contribution < 1.29 is 0 Å². The summed E-state index contributed by atoms with van der Waals surface area (Å²) in [5, 5.41) is 8.18. The lowest BCUT2D eigenvalue weighted by Crippen LogP contribution is -2.14. The smallest absolute Gasteiger partial charge is 0.00552 e. The molecule has 0 spiro atoms. The average Bonchev–Trinajstić information content (AvgIpc) is 2.73. The summed E-state index contributed by atoms with van der Waals surface area (Å²) in [7, 11) is 0. The van der Waals surface area contributed by atoms with Crippen LogP contribution < -0.4 is 0 Å². The number of hydrogen-bond acceptors (Lipinski definition) is 0. The fourth-order valence-corrected chi connectivity index (χ4v) is 4.91. The maximum atomic E-state index is 2.34. The van der Waals surface area contributed by atoms with Crippen molar-refractivity contribution in [2.45, 2.75) is 33.1 Å². The van der Waals surface area contributed by atoms with Crippen LogP contribution in [0.3, 0.4) is 0 Å². The zero-order valence-electron chi connectivity index (χ0n) is 17.6. The van der Waals surface area contributed by atoms with Gasteiger partial charge in [0.2, 0.25) is 0 Å². The third-order valence-electron chi connectivity index (χ3n) is 6.07. The van der Waals surface area contributed by atoms with E-state index in [0.717, 1.165) is 0 Å². The molecular formula is C29H26. The highest BCUT2D eigenvalue weighted by Gasteiger charge is 2.24. The lowest BCUT2D eigenvalue weighted by molar-refractivity contribution is 0.598. The van der Waals surface area contributed by atoms with Crippen molar-refractivity contribution in [3.8, 4) is 11.1 Å². The monoisotopic (exact) mass is 374 g/mol. The van der Waals surface area contributed by atoms with Gasteiger partial charge in [0.25, 0.3) is 0 Å². The van der Waals surface area contributed by atoms with Gasteiger partial charge in [0.15, 0.2) is 0 Å². The molecule has 5 rings (SSSR count). The third-order valence-corrected chi connectivity index (χ3v) is 6.07. The molecule has 5 aromatic rings. The molecular weight excluding hydrogens is 348 g/mol. The fourth-order valence-electron chi connectivity index (χ4n) is 4.91. The van der Waals surface area contributed by atoms with Gasteiger partial charge in [-0.25, -0.2) is 0 Å². The van der Waals surface area contributed by atoms with E-state index in [4.69, 9.17) is 0 Å². The van der Waals surface area contributed by atoms with E-state index in [1.807, 2.05) is 0 Å². The normalized spacial score (nSPS) is 12.1. The Balaban J connectivity index is 2.11. The molecule has 0 saturated carbocycles. The maximum Gasteiger partial charge on any atom is -0.00552 e. The Bertz CT molecular complexity index is 1370. The van der Waals surface area contributed by atoms with Gasteiger partial charge in [0, 0.05) is 0 Å². The van der Waals surface area contributed by atoms with Crippen molar-refractivity contribution in [1.82, 2.24) is 0 Å². The van der Waals surface area contributed by atoms with E-state index in [2.05, 4.69) is 113 Å². The predicted molar refractivity (Wildman–Crippen MR) is 128 cm³/mol. The number of hydrogen-bond donors (Lipinski definition) is 0. The minimum Gasteiger partial charge on any atom is -0.0622 e. The first-order valence-electron chi connectivity index (χ1n) is 10.4. The summed E-state index contributed by atoms with van der Waals surface area (Å²) in [6, 6.07) is 31.1. The first-order chi connectivity index (χ1) is 14.0. The molecule has 0 aromatic heterocycles. The van der Waals surface area contributed by atoms with Crippen molar-refractivity contribution in [2.75, 3.05) is 0 Å². The first-order valence-corrected chi connectivity index (χ1v) is 10.4. The average molecular weight is 375 g/mol. The Kier molecular flexibility index (Phi) is 3.99. The lowest BCUT2D eigenvalue weighted by atomic mass is 9.76. The quantitative estimate of drug-likeness (QED) is 0.258. The highest BCUT2D eigenvalue weighted by Crippen LogP contribution is 2.45. The lowest BCUT2D eigenvalue weighted by Gasteiger charge is -2.27. The molecule has 0 unspecified atom stereocenters. The number of rotatable bonds is 1. The molecule has 0 amide bonds. The standard InChI is InChI=1S/C29H26/c1-19-11-10-16-25-26(19)23-15-9-8-14-22(23)24-18-17-21(20-12-6-5-7-13-20)28(27(24)25)29(2,3)4/h5-18H,1-4H3. The van der Waals surface area contributed by atoms with Crippen LogP contribution in [-0.4, -0.2) is 0 Å². The van der Waals surface area contributed by atoms with E-state index in [9.17, 15) is 0 Å². The van der Waals surface area contributed by atoms with Gasteiger partial charge in [0.1, 0.15) is 0 Å². The molecule has 0 aliphatic rings. The van der Waals surface area contributed by atoms with Gasteiger partial charge in [-0.3, -0.25) is 0 Å². The summed E-state index contributed by atoms with van der Waals surface area (Å²) in [4.78, 5) is 0. The van der Waals surface area contributed by atoms with E-state index in [1.54, 1.807) is 0 Å². The summed E-state index contributed by atoms with van der Waals surface area (Å²) < 4.78 is 0. The second-order valence-corrected chi connectivity index (χ2v) is 9.07. The Morgan fingerprint density at radius 3 is 1.86 bits per heavy atom. The van der Waals surface area contributed by atoms with E-state index < -0.39 is 0 Å². The largest absolute Gasteiger partial charge is 0.0622 e.